The average Bonchev–Trinajstić information content (AvgIpc) is 2.75. The molecule has 2 N–H and O–H groups in total. The van der Waals surface area contributed by atoms with Crippen LogP contribution >= 0.6 is 11.6 Å². The fraction of sp³-hybridized carbons (Fsp3) is 0.130. The number of rotatable bonds is 3. The number of aliphatic hydroxyl groups is 1. The summed E-state index contributed by atoms with van der Waals surface area (Å²) in [5.41, 5.74) is 2.75. The number of ether oxygens (including phenoxy) is 1. The third-order valence-electron chi connectivity index (χ3n) is 5.35. The number of aliphatic hydroxyl groups excluding tert-OH is 1. The van der Waals surface area contributed by atoms with E-state index in [9.17, 15) is 5.11 Å². The van der Waals surface area contributed by atoms with E-state index >= 15 is 0 Å². The van der Waals surface area contributed by atoms with Crippen molar-refractivity contribution < 1.29 is 9.84 Å². The number of nitrogens with zero attached hydrogens (tertiary/aromatic N) is 2. The van der Waals surface area contributed by atoms with Crippen LogP contribution in [0.5, 0.6) is 11.6 Å². The van der Waals surface area contributed by atoms with Crippen molar-refractivity contribution in [2.24, 2.45) is 0 Å². The Labute approximate surface area is 172 Å². The molecule has 0 radical (unpaired) electrons. The molecule has 5 nitrogen and oxygen atoms in total. The molecular weight excluding hydrogens is 386 g/mol. The highest BCUT2D eigenvalue weighted by Gasteiger charge is 2.34. The van der Waals surface area contributed by atoms with Gasteiger partial charge in [-0.1, -0.05) is 66.2 Å². The van der Waals surface area contributed by atoms with Crippen LogP contribution in [0.15, 0.2) is 67.0 Å². The zero-order chi connectivity index (χ0) is 20.0. The molecule has 0 aliphatic carbocycles. The van der Waals surface area contributed by atoms with Crippen LogP contribution in [-0.4, -0.2) is 21.3 Å². The third kappa shape index (κ3) is 2.82. The minimum Gasteiger partial charge on any atom is -0.438 e. The Balaban J connectivity index is 1.85. The molecule has 5 rings (SSSR count). The lowest BCUT2D eigenvalue weighted by Crippen LogP contribution is -2.30. The first kappa shape index (κ1) is 17.9. The topological polar surface area (TPSA) is 71.1 Å². The summed E-state index contributed by atoms with van der Waals surface area (Å²) in [4.78, 5) is 4.48. The van der Waals surface area contributed by atoms with Gasteiger partial charge in [-0.25, -0.2) is 4.98 Å². The van der Waals surface area contributed by atoms with Crippen LogP contribution in [-0.2, 0) is 6.54 Å². The van der Waals surface area contributed by atoms with Crippen LogP contribution in [0, 0.1) is 5.41 Å². The molecule has 3 aromatic carbocycles. The second-order valence-corrected chi connectivity index (χ2v) is 7.40. The molecule has 1 aliphatic rings. The van der Waals surface area contributed by atoms with E-state index in [-0.39, 0.29) is 18.0 Å². The summed E-state index contributed by atoms with van der Waals surface area (Å²) in [7, 11) is 0. The minimum absolute atomic E-state index is 0.0736. The number of nitrogens with one attached hydrogen (secondary N) is 1. The van der Waals surface area contributed by atoms with E-state index in [0.29, 0.717) is 23.0 Å². The van der Waals surface area contributed by atoms with Gasteiger partial charge in [0.2, 0.25) is 5.88 Å². The summed E-state index contributed by atoms with van der Waals surface area (Å²) in [6.45, 7) is 0.217. The van der Waals surface area contributed by atoms with Crippen molar-refractivity contribution in [2.45, 2.75) is 12.5 Å². The van der Waals surface area contributed by atoms with E-state index in [4.69, 9.17) is 21.7 Å². The van der Waals surface area contributed by atoms with Crippen LogP contribution in [0.3, 0.4) is 0 Å². The third-order valence-corrected chi connectivity index (χ3v) is 5.70. The molecule has 0 fully saturated rings. The first-order valence-corrected chi connectivity index (χ1v) is 9.75. The predicted octanol–water partition coefficient (Wildman–Crippen LogP) is 4.45. The van der Waals surface area contributed by atoms with Gasteiger partial charge < -0.3 is 14.4 Å². The van der Waals surface area contributed by atoms with E-state index in [1.807, 2.05) is 54.6 Å². The van der Waals surface area contributed by atoms with Gasteiger partial charge in [-0.15, -0.1) is 0 Å². The van der Waals surface area contributed by atoms with Crippen LogP contribution < -0.4 is 10.2 Å². The van der Waals surface area contributed by atoms with E-state index in [0.717, 1.165) is 27.6 Å². The maximum absolute atomic E-state index is 9.37. The number of fused-ring (bicyclic) bond motifs is 4. The summed E-state index contributed by atoms with van der Waals surface area (Å²) in [6.07, 6.45) is 1.54. The Morgan fingerprint density at radius 1 is 1.03 bits per heavy atom. The Morgan fingerprint density at radius 3 is 2.66 bits per heavy atom. The number of halogens is 1. The fourth-order valence-corrected chi connectivity index (χ4v) is 4.25. The SMILES string of the molecule is N=c1c2c(ncn1CCO)Oc1c(ccc3ccccc13)C2c1ccccc1Cl. The minimum atomic E-state index is -0.293. The van der Waals surface area contributed by atoms with Gasteiger partial charge in [-0.2, -0.15) is 0 Å². The Hall–Kier alpha value is -3.15. The van der Waals surface area contributed by atoms with Crippen molar-refractivity contribution >= 4 is 22.4 Å². The van der Waals surface area contributed by atoms with Crippen LogP contribution in [0.25, 0.3) is 10.8 Å². The lowest BCUT2D eigenvalue weighted by Gasteiger charge is -2.29. The molecule has 29 heavy (non-hydrogen) atoms. The summed E-state index contributed by atoms with van der Waals surface area (Å²) < 4.78 is 7.87. The molecule has 2 heterocycles. The van der Waals surface area contributed by atoms with Crippen LogP contribution in [0.4, 0.5) is 0 Å². The molecule has 0 bridgehead atoms. The molecule has 0 spiro atoms. The normalized spacial score (nSPS) is 14.9. The van der Waals surface area contributed by atoms with Crippen molar-refractivity contribution in [1.82, 2.24) is 9.55 Å². The van der Waals surface area contributed by atoms with E-state index in [1.54, 1.807) is 4.57 Å². The van der Waals surface area contributed by atoms with Crippen molar-refractivity contribution in [3.63, 3.8) is 0 Å². The molecular formula is C23H18ClN3O2. The van der Waals surface area contributed by atoms with Gasteiger partial charge in [0.1, 0.15) is 17.6 Å². The van der Waals surface area contributed by atoms with E-state index < -0.39 is 0 Å². The fourth-order valence-electron chi connectivity index (χ4n) is 4.01. The van der Waals surface area contributed by atoms with Gasteiger partial charge in [0.05, 0.1) is 12.2 Å². The number of hydrogen-bond donors (Lipinski definition) is 2. The molecule has 1 aliphatic heterocycles. The van der Waals surface area contributed by atoms with Crippen molar-refractivity contribution in [3.8, 4) is 11.6 Å². The van der Waals surface area contributed by atoms with Gasteiger partial charge in [-0.05, 0) is 17.0 Å². The maximum Gasteiger partial charge on any atom is 0.228 e. The number of hydrogen-bond acceptors (Lipinski definition) is 4. The highest BCUT2D eigenvalue weighted by molar-refractivity contribution is 6.31. The summed E-state index contributed by atoms with van der Waals surface area (Å²) in [5.74, 6) is 0.850. The van der Waals surface area contributed by atoms with Gasteiger partial charge in [0, 0.05) is 28.4 Å². The smallest absolute Gasteiger partial charge is 0.228 e. The monoisotopic (exact) mass is 403 g/mol. The van der Waals surface area contributed by atoms with Crippen LogP contribution in [0.2, 0.25) is 5.02 Å². The second kappa shape index (κ2) is 7.03. The number of benzene rings is 3. The highest BCUT2D eigenvalue weighted by atomic mass is 35.5. The predicted molar refractivity (Wildman–Crippen MR) is 112 cm³/mol. The van der Waals surface area contributed by atoms with E-state index in [1.165, 1.54) is 6.33 Å². The van der Waals surface area contributed by atoms with Gasteiger partial charge in [0.15, 0.2) is 0 Å². The van der Waals surface area contributed by atoms with Gasteiger partial charge >= 0.3 is 0 Å². The molecule has 1 aromatic heterocycles. The standard InChI is InChI=1S/C23H18ClN3O2/c24-18-8-4-3-7-16(18)19-17-10-9-14-5-1-2-6-15(14)21(17)29-23-20(19)22(25)27(11-12-28)13-26-23/h1-10,13,19,25,28H,11-12H2. The molecule has 0 saturated carbocycles. The highest BCUT2D eigenvalue weighted by Crippen LogP contribution is 2.48. The zero-order valence-electron chi connectivity index (χ0n) is 15.5. The zero-order valence-corrected chi connectivity index (χ0v) is 16.2. The molecule has 1 unspecified atom stereocenters. The first-order chi connectivity index (χ1) is 14.2. The molecule has 6 heteroatoms. The Bertz CT molecular complexity index is 1300. The van der Waals surface area contributed by atoms with Crippen molar-refractivity contribution in [3.05, 3.63) is 94.2 Å². The Morgan fingerprint density at radius 2 is 1.83 bits per heavy atom. The second-order valence-electron chi connectivity index (χ2n) is 6.99. The first-order valence-electron chi connectivity index (χ1n) is 9.37. The summed E-state index contributed by atoms with van der Waals surface area (Å²) >= 11 is 6.59. The lowest BCUT2D eigenvalue weighted by molar-refractivity contribution is 0.271. The van der Waals surface area contributed by atoms with Crippen molar-refractivity contribution in [2.75, 3.05) is 6.61 Å². The quantitative estimate of drug-likeness (QED) is 0.467. The molecule has 0 amide bonds. The van der Waals surface area contributed by atoms with Gasteiger partial charge in [-0.3, -0.25) is 5.41 Å². The Kier molecular flexibility index (Phi) is 4.34. The summed E-state index contributed by atoms with van der Waals surface area (Å²) in [6, 6.07) is 19.8. The van der Waals surface area contributed by atoms with E-state index in [2.05, 4.69) is 11.1 Å². The number of aromatic nitrogens is 2. The average molecular weight is 404 g/mol. The largest absolute Gasteiger partial charge is 0.438 e. The maximum atomic E-state index is 9.37. The molecule has 4 aromatic rings. The summed E-state index contributed by atoms with van der Waals surface area (Å²) in [5, 5.41) is 20.8. The van der Waals surface area contributed by atoms with Gasteiger partial charge in [0.25, 0.3) is 0 Å². The van der Waals surface area contributed by atoms with Crippen molar-refractivity contribution in [1.29, 1.82) is 5.41 Å². The molecule has 0 saturated heterocycles. The lowest BCUT2D eigenvalue weighted by atomic mass is 9.83. The molecule has 1 atom stereocenters. The van der Waals surface area contributed by atoms with Crippen LogP contribution in [0.1, 0.15) is 22.6 Å². The molecule has 144 valence electrons.